The third-order valence-corrected chi connectivity index (χ3v) is 3.72. The Morgan fingerprint density at radius 2 is 2.20 bits per heavy atom. The first kappa shape index (κ1) is 9.60. The Balaban J connectivity index is 1.70. The van der Waals surface area contributed by atoms with Gasteiger partial charge in [-0.1, -0.05) is 0 Å². The van der Waals surface area contributed by atoms with Crippen molar-refractivity contribution in [2.45, 2.75) is 31.4 Å². The molecule has 0 aromatic rings. The van der Waals surface area contributed by atoms with Gasteiger partial charge in [0, 0.05) is 19.7 Å². The summed E-state index contributed by atoms with van der Waals surface area (Å²) >= 11 is 0. The number of carbonyl (C=O) groups excluding carboxylic acids is 1. The zero-order chi connectivity index (χ0) is 10.3. The van der Waals surface area contributed by atoms with Crippen molar-refractivity contribution in [2.24, 2.45) is 5.92 Å². The Morgan fingerprint density at radius 1 is 1.33 bits per heavy atom. The number of carbonyl (C=O) groups is 1. The van der Waals surface area contributed by atoms with E-state index in [4.69, 9.17) is 4.74 Å². The average Bonchev–Trinajstić information content (AvgIpc) is 2.98. The fourth-order valence-corrected chi connectivity index (χ4v) is 2.78. The predicted molar refractivity (Wildman–Crippen MR) is 55.5 cm³/mol. The van der Waals surface area contributed by atoms with Gasteiger partial charge in [-0.05, 0) is 25.2 Å². The van der Waals surface area contributed by atoms with Crippen LogP contribution in [-0.4, -0.2) is 49.2 Å². The van der Waals surface area contributed by atoms with Crippen molar-refractivity contribution in [1.29, 1.82) is 0 Å². The molecule has 15 heavy (non-hydrogen) atoms. The molecule has 1 saturated carbocycles. The first-order valence-electron chi connectivity index (χ1n) is 5.98. The molecule has 2 saturated heterocycles. The highest BCUT2D eigenvalue weighted by molar-refractivity contribution is 5.79. The summed E-state index contributed by atoms with van der Waals surface area (Å²) in [4.78, 5) is 13.8. The molecule has 4 heteroatoms. The minimum Gasteiger partial charge on any atom is -0.376 e. The molecule has 0 bridgehead atoms. The van der Waals surface area contributed by atoms with E-state index in [1.807, 2.05) is 4.90 Å². The molecule has 2 aliphatic heterocycles. The van der Waals surface area contributed by atoms with Crippen molar-refractivity contribution >= 4 is 5.91 Å². The molecule has 0 aromatic heterocycles. The number of ether oxygens (including phenoxy) is 1. The summed E-state index contributed by atoms with van der Waals surface area (Å²) in [6, 6.07) is 0.368. The van der Waals surface area contributed by atoms with Gasteiger partial charge in [0.15, 0.2) is 0 Å². The highest BCUT2D eigenvalue weighted by atomic mass is 16.5. The second kappa shape index (κ2) is 3.76. The molecular formula is C11H18N2O2. The molecule has 1 aliphatic carbocycles. The molecule has 2 heterocycles. The van der Waals surface area contributed by atoms with Crippen LogP contribution in [0.1, 0.15) is 19.3 Å². The minimum atomic E-state index is 0.252. The SMILES string of the molecule is O=C1CNCCN1C1CCOC1C1CC1. The van der Waals surface area contributed by atoms with Crippen molar-refractivity contribution in [3.8, 4) is 0 Å². The average molecular weight is 210 g/mol. The molecule has 4 nitrogen and oxygen atoms in total. The van der Waals surface area contributed by atoms with Gasteiger partial charge in [-0.15, -0.1) is 0 Å². The Labute approximate surface area is 90.0 Å². The van der Waals surface area contributed by atoms with Gasteiger partial charge in [0.25, 0.3) is 0 Å². The first-order valence-corrected chi connectivity index (χ1v) is 5.98. The molecule has 3 rings (SSSR count). The molecule has 2 unspecified atom stereocenters. The molecule has 1 amide bonds. The van der Waals surface area contributed by atoms with E-state index in [9.17, 15) is 4.79 Å². The minimum absolute atomic E-state index is 0.252. The molecule has 2 atom stereocenters. The molecular weight excluding hydrogens is 192 g/mol. The van der Waals surface area contributed by atoms with Crippen LogP contribution in [0, 0.1) is 5.92 Å². The maximum Gasteiger partial charge on any atom is 0.236 e. The molecule has 1 N–H and O–H groups in total. The lowest BCUT2D eigenvalue weighted by Gasteiger charge is -2.35. The normalized spacial score (nSPS) is 37.3. The number of nitrogens with one attached hydrogen (secondary N) is 1. The second-order valence-corrected chi connectivity index (χ2v) is 4.79. The molecule has 3 fully saturated rings. The third-order valence-electron chi connectivity index (χ3n) is 3.72. The van der Waals surface area contributed by atoms with Crippen LogP contribution >= 0.6 is 0 Å². The maximum atomic E-state index is 11.8. The molecule has 0 radical (unpaired) electrons. The maximum absolute atomic E-state index is 11.8. The van der Waals surface area contributed by atoms with E-state index in [0.717, 1.165) is 32.0 Å². The van der Waals surface area contributed by atoms with Crippen molar-refractivity contribution in [3.63, 3.8) is 0 Å². The third kappa shape index (κ3) is 1.76. The van der Waals surface area contributed by atoms with E-state index >= 15 is 0 Å². The van der Waals surface area contributed by atoms with Gasteiger partial charge < -0.3 is 15.0 Å². The largest absolute Gasteiger partial charge is 0.376 e. The molecule has 84 valence electrons. The Kier molecular flexibility index (Phi) is 2.41. The smallest absolute Gasteiger partial charge is 0.236 e. The van der Waals surface area contributed by atoms with Crippen LogP contribution in [0.3, 0.4) is 0 Å². The van der Waals surface area contributed by atoms with E-state index < -0.39 is 0 Å². The second-order valence-electron chi connectivity index (χ2n) is 4.79. The highest BCUT2D eigenvalue weighted by Gasteiger charge is 2.44. The van der Waals surface area contributed by atoms with Crippen molar-refractivity contribution in [1.82, 2.24) is 10.2 Å². The zero-order valence-electron chi connectivity index (χ0n) is 8.95. The van der Waals surface area contributed by atoms with Crippen LogP contribution in [0.5, 0.6) is 0 Å². The van der Waals surface area contributed by atoms with E-state index in [1.165, 1.54) is 12.8 Å². The first-order chi connectivity index (χ1) is 7.36. The Morgan fingerprint density at radius 3 is 2.93 bits per heavy atom. The van der Waals surface area contributed by atoms with Crippen molar-refractivity contribution in [2.75, 3.05) is 26.2 Å². The van der Waals surface area contributed by atoms with E-state index in [-0.39, 0.29) is 5.91 Å². The van der Waals surface area contributed by atoms with Crippen LogP contribution in [-0.2, 0) is 9.53 Å². The number of amides is 1. The van der Waals surface area contributed by atoms with Crippen LogP contribution < -0.4 is 5.32 Å². The van der Waals surface area contributed by atoms with Gasteiger partial charge in [0.05, 0.1) is 18.7 Å². The predicted octanol–water partition coefficient (Wildman–Crippen LogP) is -0.0143. The summed E-state index contributed by atoms with van der Waals surface area (Å²) in [5, 5.41) is 3.12. The number of piperazine rings is 1. The lowest BCUT2D eigenvalue weighted by atomic mass is 10.0. The fourth-order valence-electron chi connectivity index (χ4n) is 2.78. The number of hydrogen-bond acceptors (Lipinski definition) is 3. The Hall–Kier alpha value is -0.610. The van der Waals surface area contributed by atoms with Crippen molar-refractivity contribution < 1.29 is 9.53 Å². The van der Waals surface area contributed by atoms with E-state index in [1.54, 1.807) is 0 Å². The topological polar surface area (TPSA) is 41.6 Å². The van der Waals surface area contributed by atoms with Gasteiger partial charge >= 0.3 is 0 Å². The van der Waals surface area contributed by atoms with Gasteiger partial charge in [-0.25, -0.2) is 0 Å². The number of rotatable bonds is 2. The van der Waals surface area contributed by atoms with Crippen molar-refractivity contribution in [3.05, 3.63) is 0 Å². The van der Waals surface area contributed by atoms with Crippen LogP contribution in [0.2, 0.25) is 0 Å². The van der Waals surface area contributed by atoms with Gasteiger partial charge in [-0.3, -0.25) is 4.79 Å². The number of hydrogen-bond donors (Lipinski definition) is 1. The summed E-state index contributed by atoms with van der Waals surface area (Å²) in [7, 11) is 0. The molecule has 0 spiro atoms. The quantitative estimate of drug-likeness (QED) is 0.697. The van der Waals surface area contributed by atoms with Gasteiger partial charge in [0.2, 0.25) is 5.91 Å². The van der Waals surface area contributed by atoms with Gasteiger partial charge in [0.1, 0.15) is 0 Å². The van der Waals surface area contributed by atoms with E-state index in [2.05, 4.69) is 5.32 Å². The van der Waals surface area contributed by atoms with E-state index in [0.29, 0.717) is 18.7 Å². The lowest BCUT2D eigenvalue weighted by molar-refractivity contribution is -0.135. The van der Waals surface area contributed by atoms with Gasteiger partial charge in [-0.2, -0.15) is 0 Å². The lowest BCUT2D eigenvalue weighted by Crippen LogP contribution is -2.54. The van der Waals surface area contributed by atoms with Crippen LogP contribution in [0.15, 0.2) is 0 Å². The highest BCUT2D eigenvalue weighted by Crippen LogP contribution is 2.40. The summed E-state index contributed by atoms with van der Waals surface area (Å²) in [5.41, 5.74) is 0. The van der Waals surface area contributed by atoms with Crippen LogP contribution in [0.4, 0.5) is 0 Å². The zero-order valence-corrected chi connectivity index (χ0v) is 8.95. The molecule has 3 aliphatic rings. The summed E-state index contributed by atoms with van der Waals surface area (Å²) in [6.45, 7) is 3.13. The van der Waals surface area contributed by atoms with Crippen LogP contribution in [0.25, 0.3) is 0 Å². The number of nitrogens with zero attached hydrogens (tertiary/aromatic N) is 1. The fraction of sp³-hybridized carbons (Fsp3) is 0.909. The molecule has 0 aromatic carbocycles. The summed E-state index contributed by atoms with van der Waals surface area (Å²) in [5.74, 6) is 0.989. The summed E-state index contributed by atoms with van der Waals surface area (Å²) in [6.07, 6.45) is 3.96. The standard InChI is InChI=1S/C11H18N2O2/c14-10-7-12-4-5-13(10)9-3-6-15-11(9)8-1-2-8/h8-9,11-12H,1-7H2. The monoisotopic (exact) mass is 210 g/mol. The summed E-state index contributed by atoms with van der Waals surface area (Å²) < 4.78 is 5.78. The Bertz CT molecular complexity index is 265.